The number of sulfonamides is 1. The summed E-state index contributed by atoms with van der Waals surface area (Å²) < 4.78 is 29.7. The number of rotatable bonds is 5. The van der Waals surface area contributed by atoms with Gasteiger partial charge in [-0.1, -0.05) is 24.3 Å². The van der Waals surface area contributed by atoms with Gasteiger partial charge in [0.05, 0.1) is 24.7 Å². The summed E-state index contributed by atoms with van der Waals surface area (Å²) in [5.41, 5.74) is 3.42. The molecule has 1 aromatic heterocycles. The normalized spacial score (nSPS) is 11.3. The second kappa shape index (κ2) is 6.85. The molecule has 3 rings (SSSR count). The quantitative estimate of drug-likeness (QED) is 0.680. The Labute approximate surface area is 151 Å². The molecule has 0 aliphatic carbocycles. The zero-order valence-electron chi connectivity index (χ0n) is 14.1. The fourth-order valence-corrected chi connectivity index (χ4v) is 3.66. The van der Waals surface area contributed by atoms with Gasteiger partial charge in [-0.15, -0.1) is 11.3 Å². The molecule has 7 heteroatoms. The van der Waals surface area contributed by atoms with Crippen LogP contribution in [-0.4, -0.2) is 33.8 Å². The Morgan fingerprint density at radius 1 is 1.08 bits per heavy atom. The summed E-state index contributed by atoms with van der Waals surface area (Å²) in [5.74, 6) is 0.794. The molecule has 5 nitrogen and oxygen atoms in total. The molecule has 0 saturated carbocycles. The summed E-state index contributed by atoms with van der Waals surface area (Å²) in [5, 5.41) is 2.90. The van der Waals surface area contributed by atoms with Crippen LogP contribution in [0.3, 0.4) is 0 Å². The Balaban J connectivity index is 1.87. The maximum atomic E-state index is 11.6. The maximum Gasteiger partial charge on any atom is 0.231 e. The Hall–Kier alpha value is -2.38. The van der Waals surface area contributed by atoms with E-state index in [0.717, 1.165) is 27.6 Å². The molecule has 0 amide bonds. The largest absolute Gasteiger partial charge is 0.497 e. The molecule has 0 saturated heterocycles. The van der Waals surface area contributed by atoms with Crippen molar-refractivity contribution < 1.29 is 13.2 Å². The molecule has 0 N–H and O–H groups in total. The molecule has 130 valence electrons. The molecule has 0 radical (unpaired) electrons. The molecule has 0 atom stereocenters. The first-order chi connectivity index (χ1) is 11.9. The highest BCUT2D eigenvalue weighted by molar-refractivity contribution is 7.92. The maximum absolute atomic E-state index is 11.6. The predicted molar refractivity (Wildman–Crippen MR) is 103 cm³/mol. The minimum Gasteiger partial charge on any atom is -0.497 e. The number of hydrogen-bond acceptors (Lipinski definition) is 5. The zero-order chi connectivity index (χ0) is 18.0. The first-order valence-electron chi connectivity index (χ1n) is 7.53. The van der Waals surface area contributed by atoms with E-state index in [-0.39, 0.29) is 0 Å². The molecule has 3 aromatic rings. The molecule has 25 heavy (non-hydrogen) atoms. The third-order valence-corrected chi connectivity index (χ3v) is 5.94. The first-order valence-corrected chi connectivity index (χ1v) is 10.3. The van der Waals surface area contributed by atoms with Crippen LogP contribution in [0.1, 0.15) is 0 Å². The third-order valence-electron chi connectivity index (χ3n) is 3.85. The summed E-state index contributed by atoms with van der Waals surface area (Å²) in [7, 11) is -0.0879. The number of benzene rings is 2. The van der Waals surface area contributed by atoms with E-state index in [9.17, 15) is 8.42 Å². The van der Waals surface area contributed by atoms with Crippen LogP contribution in [0.25, 0.3) is 21.8 Å². The highest BCUT2D eigenvalue weighted by Gasteiger charge is 2.12. The molecule has 0 bridgehead atoms. The minimum atomic E-state index is -3.26. The molecule has 0 spiro atoms. The van der Waals surface area contributed by atoms with Gasteiger partial charge >= 0.3 is 0 Å². The molecule has 1 heterocycles. The van der Waals surface area contributed by atoms with Crippen LogP contribution < -0.4 is 9.04 Å². The van der Waals surface area contributed by atoms with Gasteiger partial charge in [0.25, 0.3) is 0 Å². The third kappa shape index (κ3) is 3.83. The Morgan fingerprint density at radius 3 is 2.44 bits per heavy atom. The van der Waals surface area contributed by atoms with Crippen LogP contribution in [0, 0.1) is 0 Å². The summed E-state index contributed by atoms with van der Waals surface area (Å²) in [6.07, 6.45) is 1.18. The first kappa shape index (κ1) is 17.4. The van der Waals surface area contributed by atoms with Gasteiger partial charge in [0.2, 0.25) is 10.0 Å². The number of thiazole rings is 1. The van der Waals surface area contributed by atoms with E-state index < -0.39 is 10.0 Å². The molecule has 2 aromatic carbocycles. The standard InChI is InChI=1S/C18H18N2O3S2/c1-20(25(3,21)22)15-9-7-13(8-10-15)17-12-24-18(19-17)14-5-4-6-16(11-14)23-2/h4-12H,1-3H3. The second-order valence-corrected chi connectivity index (χ2v) is 8.42. The van der Waals surface area contributed by atoms with Gasteiger partial charge in [0.15, 0.2) is 0 Å². The van der Waals surface area contributed by atoms with E-state index in [2.05, 4.69) is 4.98 Å². The van der Waals surface area contributed by atoms with Gasteiger partial charge in [-0.05, 0) is 24.3 Å². The van der Waals surface area contributed by atoms with Crippen molar-refractivity contribution in [1.82, 2.24) is 4.98 Å². The van der Waals surface area contributed by atoms with Crippen molar-refractivity contribution in [1.29, 1.82) is 0 Å². The van der Waals surface area contributed by atoms with Crippen LogP contribution in [0.4, 0.5) is 5.69 Å². The van der Waals surface area contributed by atoms with Crippen molar-refractivity contribution in [3.63, 3.8) is 0 Å². The van der Waals surface area contributed by atoms with Crippen molar-refractivity contribution in [3.05, 3.63) is 53.9 Å². The average Bonchev–Trinajstić information content (AvgIpc) is 3.10. The fourth-order valence-electron chi connectivity index (χ4n) is 2.33. The molecule has 0 unspecified atom stereocenters. The monoisotopic (exact) mass is 374 g/mol. The minimum absolute atomic E-state index is 0.620. The highest BCUT2D eigenvalue weighted by Crippen LogP contribution is 2.31. The number of ether oxygens (including phenoxy) is 1. The Bertz CT molecular complexity index is 980. The number of hydrogen-bond donors (Lipinski definition) is 0. The van der Waals surface area contributed by atoms with E-state index in [1.807, 2.05) is 41.8 Å². The lowest BCUT2D eigenvalue weighted by atomic mass is 10.1. The van der Waals surface area contributed by atoms with Crippen molar-refractivity contribution in [3.8, 4) is 27.6 Å². The number of nitrogens with zero attached hydrogens (tertiary/aromatic N) is 2. The summed E-state index contributed by atoms with van der Waals surface area (Å²) >= 11 is 1.56. The van der Waals surface area contributed by atoms with E-state index in [1.165, 1.54) is 17.6 Å². The molecular weight excluding hydrogens is 356 g/mol. The lowest BCUT2D eigenvalue weighted by Gasteiger charge is -2.16. The summed E-state index contributed by atoms with van der Waals surface area (Å²) in [6, 6.07) is 15.1. The van der Waals surface area contributed by atoms with Gasteiger partial charge in [-0.3, -0.25) is 4.31 Å². The average molecular weight is 374 g/mol. The Morgan fingerprint density at radius 2 is 1.80 bits per heavy atom. The molecular formula is C18H18N2O3S2. The predicted octanol–water partition coefficient (Wildman–Crippen LogP) is 3.88. The van der Waals surface area contributed by atoms with Crippen LogP contribution in [0.5, 0.6) is 5.75 Å². The van der Waals surface area contributed by atoms with Crippen LogP contribution >= 0.6 is 11.3 Å². The van der Waals surface area contributed by atoms with E-state index in [0.29, 0.717) is 5.69 Å². The van der Waals surface area contributed by atoms with Gasteiger partial charge < -0.3 is 4.74 Å². The highest BCUT2D eigenvalue weighted by atomic mass is 32.2. The summed E-state index contributed by atoms with van der Waals surface area (Å²) in [4.78, 5) is 4.68. The van der Waals surface area contributed by atoms with Crippen molar-refractivity contribution in [2.75, 3.05) is 24.7 Å². The fraction of sp³-hybridized carbons (Fsp3) is 0.167. The molecule has 0 aliphatic rings. The smallest absolute Gasteiger partial charge is 0.231 e. The summed E-state index contributed by atoms with van der Waals surface area (Å²) in [6.45, 7) is 0. The van der Waals surface area contributed by atoms with Gasteiger partial charge in [0.1, 0.15) is 10.8 Å². The SMILES string of the molecule is COc1cccc(-c2nc(-c3ccc(N(C)S(C)(=O)=O)cc3)cs2)c1. The molecule has 0 aliphatic heterocycles. The van der Waals surface area contributed by atoms with E-state index >= 15 is 0 Å². The zero-order valence-corrected chi connectivity index (χ0v) is 15.8. The van der Waals surface area contributed by atoms with Gasteiger partial charge in [0, 0.05) is 23.6 Å². The van der Waals surface area contributed by atoms with Crippen molar-refractivity contribution in [2.45, 2.75) is 0 Å². The topological polar surface area (TPSA) is 59.5 Å². The van der Waals surface area contributed by atoms with Gasteiger partial charge in [-0.25, -0.2) is 13.4 Å². The van der Waals surface area contributed by atoms with Crippen LogP contribution in [0.15, 0.2) is 53.9 Å². The van der Waals surface area contributed by atoms with Crippen LogP contribution in [-0.2, 0) is 10.0 Å². The molecule has 0 fully saturated rings. The second-order valence-electron chi connectivity index (χ2n) is 5.55. The lowest BCUT2D eigenvalue weighted by Crippen LogP contribution is -2.24. The van der Waals surface area contributed by atoms with E-state index in [1.54, 1.807) is 30.6 Å². The van der Waals surface area contributed by atoms with Crippen molar-refractivity contribution in [2.24, 2.45) is 0 Å². The Kier molecular flexibility index (Phi) is 4.78. The number of anilines is 1. The lowest BCUT2D eigenvalue weighted by molar-refractivity contribution is 0.415. The van der Waals surface area contributed by atoms with Crippen LogP contribution in [0.2, 0.25) is 0 Å². The number of methoxy groups -OCH3 is 1. The number of aromatic nitrogens is 1. The van der Waals surface area contributed by atoms with Gasteiger partial charge in [-0.2, -0.15) is 0 Å². The van der Waals surface area contributed by atoms with Crippen molar-refractivity contribution >= 4 is 27.0 Å². The van der Waals surface area contributed by atoms with E-state index in [4.69, 9.17) is 4.74 Å².